The zero-order chi connectivity index (χ0) is 12.6. The summed E-state index contributed by atoms with van der Waals surface area (Å²) in [4.78, 5) is 4.15. The Morgan fingerprint density at radius 3 is 2.68 bits per heavy atom. The van der Waals surface area contributed by atoms with Gasteiger partial charge >= 0.3 is 0 Å². The number of hydrogen-bond acceptors (Lipinski definition) is 2. The first-order valence-corrected chi connectivity index (χ1v) is 5.96. The van der Waals surface area contributed by atoms with Crippen molar-refractivity contribution < 1.29 is 4.42 Å². The number of halogens is 1. The minimum absolute atomic E-state index is 0. The van der Waals surface area contributed by atoms with E-state index >= 15 is 0 Å². The van der Waals surface area contributed by atoms with E-state index in [0.717, 1.165) is 24.8 Å². The number of nitrogens with one attached hydrogen (secondary N) is 2. The summed E-state index contributed by atoms with van der Waals surface area (Å²) < 4.78 is 7.36. The molecule has 0 bridgehead atoms. The average Bonchev–Trinajstić information content (AvgIpc) is 3.06. The Labute approximate surface area is 130 Å². The van der Waals surface area contributed by atoms with Gasteiger partial charge in [-0.25, -0.2) is 0 Å². The number of furan rings is 1. The average molecular weight is 374 g/mol. The first-order chi connectivity index (χ1) is 8.88. The third-order valence-corrected chi connectivity index (χ3v) is 2.56. The highest BCUT2D eigenvalue weighted by Gasteiger charge is 1.99. The Balaban J connectivity index is 0.00000180. The fourth-order valence-corrected chi connectivity index (χ4v) is 1.63. The first-order valence-electron chi connectivity index (χ1n) is 5.96. The Kier molecular flexibility index (Phi) is 7.09. The van der Waals surface area contributed by atoms with Crippen molar-refractivity contribution >= 4 is 29.9 Å². The Bertz CT molecular complexity index is 465. The smallest absolute Gasteiger partial charge is 0.191 e. The molecule has 0 amide bonds. The summed E-state index contributed by atoms with van der Waals surface area (Å²) in [6.07, 6.45) is 5.75. The molecule has 5 nitrogen and oxygen atoms in total. The van der Waals surface area contributed by atoms with Gasteiger partial charge in [0.1, 0.15) is 5.76 Å². The van der Waals surface area contributed by atoms with Crippen molar-refractivity contribution in [3.8, 4) is 0 Å². The van der Waals surface area contributed by atoms with E-state index in [0.29, 0.717) is 6.54 Å². The summed E-state index contributed by atoms with van der Waals surface area (Å²) in [7, 11) is 1.76. The molecule has 2 N–H and O–H groups in total. The molecule has 6 heteroatoms. The zero-order valence-electron chi connectivity index (χ0n) is 10.9. The van der Waals surface area contributed by atoms with Gasteiger partial charge in [-0.3, -0.25) is 4.99 Å². The fraction of sp³-hybridized carbons (Fsp3) is 0.308. The van der Waals surface area contributed by atoms with Gasteiger partial charge in [-0.2, -0.15) is 0 Å². The standard InChI is InChI=1S/C13H18N4O.HI/c1-14-13(16-11-12-5-4-10-18-12)15-6-9-17-7-2-3-8-17;/h2-5,7-8,10H,6,9,11H2,1H3,(H2,14,15,16);1H. The number of hydrogen-bond donors (Lipinski definition) is 2. The predicted octanol–water partition coefficient (Wildman–Crippen LogP) is 2.06. The van der Waals surface area contributed by atoms with Crippen molar-refractivity contribution in [3.05, 3.63) is 48.7 Å². The summed E-state index contributed by atoms with van der Waals surface area (Å²) in [5, 5.41) is 6.43. The lowest BCUT2D eigenvalue weighted by atomic mass is 10.4. The zero-order valence-corrected chi connectivity index (χ0v) is 13.2. The van der Waals surface area contributed by atoms with Crippen LogP contribution in [0, 0.1) is 0 Å². The second-order valence-corrected chi connectivity index (χ2v) is 3.85. The van der Waals surface area contributed by atoms with Gasteiger partial charge in [0.05, 0.1) is 12.8 Å². The molecule has 2 heterocycles. The maximum atomic E-state index is 5.24. The van der Waals surface area contributed by atoms with Gasteiger partial charge in [0.2, 0.25) is 0 Å². The van der Waals surface area contributed by atoms with Crippen LogP contribution >= 0.6 is 24.0 Å². The van der Waals surface area contributed by atoms with Gasteiger partial charge in [0.25, 0.3) is 0 Å². The van der Waals surface area contributed by atoms with Crippen molar-refractivity contribution in [3.63, 3.8) is 0 Å². The van der Waals surface area contributed by atoms with E-state index in [1.807, 2.05) is 36.7 Å². The highest BCUT2D eigenvalue weighted by atomic mass is 127. The molecule has 0 atom stereocenters. The number of guanidine groups is 1. The lowest BCUT2D eigenvalue weighted by Crippen LogP contribution is -2.38. The number of aliphatic imine (C=N–C) groups is 1. The molecule has 0 aliphatic heterocycles. The van der Waals surface area contributed by atoms with Crippen molar-refractivity contribution in [2.75, 3.05) is 13.6 Å². The van der Waals surface area contributed by atoms with E-state index in [1.165, 1.54) is 0 Å². The Hall–Kier alpha value is -1.44. The highest BCUT2D eigenvalue weighted by Crippen LogP contribution is 1.98. The maximum absolute atomic E-state index is 5.24. The molecule has 0 saturated carbocycles. The van der Waals surface area contributed by atoms with Crippen LogP contribution in [0.15, 0.2) is 52.3 Å². The molecule has 2 aromatic rings. The fourth-order valence-electron chi connectivity index (χ4n) is 1.63. The summed E-state index contributed by atoms with van der Waals surface area (Å²) in [6.45, 7) is 2.37. The van der Waals surface area contributed by atoms with E-state index in [1.54, 1.807) is 13.3 Å². The molecule has 0 unspecified atom stereocenters. The summed E-state index contributed by atoms with van der Waals surface area (Å²) in [5.74, 6) is 1.67. The first kappa shape index (κ1) is 15.6. The van der Waals surface area contributed by atoms with Crippen LogP contribution in [-0.4, -0.2) is 24.1 Å². The third-order valence-electron chi connectivity index (χ3n) is 2.56. The largest absolute Gasteiger partial charge is 0.467 e. The van der Waals surface area contributed by atoms with Crippen LogP contribution in [-0.2, 0) is 13.1 Å². The van der Waals surface area contributed by atoms with Gasteiger partial charge < -0.3 is 19.6 Å². The molecular formula is C13H19IN4O. The van der Waals surface area contributed by atoms with Crippen molar-refractivity contribution in [1.29, 1.82) is 0 Å². The molecule has 0 aromatic carbocycles. The maximum Gasteiger partial charge on any atom is 0.191 e. The minimum Gasteiger partial charge on any atom is -0.467 e. The molecule has 0 saturated heterocycles. The van der Waals surface area contributed by atoms with Crippen molar-refractivity contribution in [2.24, 2.45) is 4.99 Å². The lowest BCUT2D eigenvalue weighted by molar-refractivity contribution is 0.501. The van der Waals surface area contributed by atoms with E-state index < -0.39 is 0 Å². The molecule has 0 aliphatic rings. The Morgan fingerprint density at radius 1 is 1.26 bits per heavy atom. The van der Waals surface area contributed by atoms with Crippen LogP contribution in [0.2, 0.25) is 0 Å². The topological polar surface area (TPSA) is 54.5 Å². The van der Waals surface area contributed by atoms with Gasteiger partial charge in [-0.05, 0) is 24.3 Å². The van der Waals surface area contributed by atoms with E-state index in [4.69, 9.17) is 4.42 Å². The molecule has 104 valence electrons. The van der Waals surface area contributed by atoms with Gasteiger partial charge in [-0.15, -0.1) is 24.0 Å². The molecule has 0 radical (unpaired) electrons. The second kappa shape index (κ2) is 8.63. The van der Waals surface area contributed by atoms with E-state index in [-0.39, 0.29) is 24.0 Å². The van der Waals surface area contributed by atoms with Crippen molar-refractivity contribution in [1.82, 2.24) is 15.2 Å². The molecule has 0 fully saturated rings. The number of rotatable bonds is 5. The Morgan fingerprint density at radius 2 is 2.05 bits per heavy atom. The highest BCUT2D eigenvalue weighted by molar-refractivity contribution is 14.0. The molecule has 0 spiro atoms. The summed E-state index contributed by atoms with van der Waals surface area (Å²) in [5.41, 5.74) is 0. The lowest BCUT2D eigenvalue weighted by Gasteiger charge is -2.11. The number of nitrogens with zero attached hydrogens (tertiary/aromatic N) is 2. The SMILES string of the molecule is CN=C(NCCn1cccc1)NCc1ccco1.I. The monoisotopic (exact) mass is 374 g/mol. The second-order valence-electron chi connectivity index (χ2n) is 3.85. The van der Waals surface area contributed by atoms with Crippen LogP contribution in [0.1, 0.15) is 5.76 Å². The minimum atomic E-state index is 0. The molecular weight excluding hydrogens is 355 g/mol. The van der Waals surface area contributed by atoms with Crippen LogP contribution in [0.4, 0.5) is 0 Å². The quantitative estimate of drug-likeness (QED) is 0.479. The van der Waals surface area contributed by atoms with Crippen LogP contribution < -0.4 is 10.6 Å². The normalized spacial score (nSPS) is 10.9. The van der Waals surface area contributed by atoms with Gasteiger partial charge in [0.15, 0.2) is 5.96 Å². The molecule has 2 aromatic heterocycles. The third kappa shape index (κ3) is 5.37. The van der Waals surface area contributed by atoms with E-state index in [9.17, 15) is 0 Å². The summed E-state index contributed by atoms with van der Waals surface area (Å²) >= 11 is 0. The van der Waals surface area contributed by atoms with Crippen molar-refractivity contribution in [2.45, 2.75) is 13.1 Å². The number of aromatic nitrogens is 1. The van der Waals surface area contributed by atoms with Crippen LogP contribution in [0.5, 0.6) is 0 Å². The predicted molar refractivity (Wildman–Crippen MR) is 86.8 cm³/mol. The van der Waals surface area contributed by atoms with Gasteiger partial charge in [0, 0.05) is 32.5 Å². The molecule has 0 aliphatic carbocycles. The summed E-state index contributed by atoms with van der Waals surface area (Å²) in [6, 6.07) is 7.84. The van der Waals surface area contributed by atoms with E-state index in [2.05, 4.69) is 20.2 Å². The van der Waals surface area contributed by atoms with Crippen LogP contribution in [0.3, 0.4) is 0 Å². The molecule has 2 rings (SSSR count). The molecule has 19 heavy (non-hydrogen) atoms. The van der Waals surface area contributed by atoms with Crippen LogP contribution in [0.25, 0.3) is 0 Å². The van der Waals surface area contributed by atoms with Gasteiger partial charge in [-0.1, -0.05) is 0 Å².